The molecular formula is C12H17ClN2O2S. The fourth-order valence-corrected chi connectivity index (χ4v) is 2.71. The molecular weight excluding hydrogens is 272 g/mol. The maximum Gasteiger partial charge on any atom is 0.236 e. The van der Waals surface area contributed by atoms with Crippen LogP contribution in [0.1, 0.15) is 19.8 Å². The molecule has 0 heterocycles. The van der Waals surface area contributed by atoms with Crippen LogP contribution in [0, 0.1) is 0 Å². The predicted molar refractivity (Wildman–Crippen MR) is 74.5 cm³/mol. The number of sulfonamides is 1. The van der Waals surface area contributed by atoms with Crippen LogP contribution in [0.2, 0.25) is 5.02 Å². The van der Waals surface area contributed by atoms with E-state index in [-0.39, 0.29) is 0 Å². The molecule has 0 amide bonds. The molecule has 1 atom stereocenters. The molecule has 0 bridgehead atoms. The quantitative estimate of drug-likeness (QED) is 0.844. The molecule has 100 valence electrons. The van der Waals surface area contributed by atoms with Gasteiger partial charge in [0, 0.05) is 23.3 Å². The van der Waals surface area contributed by atoms with Crippen molar-refractivity contribution >= 4 is 27.3 Å². The molecule has 0 saturated heterocycles. The van der Waals surface area contributed by atoms with Crippen LogP contribution >= 0.6 is 11.6 Å². The lowest BCUT2D eigenvalue weighted by Crippen LogP contribution is -2.35. The highest BCUT2D eigenvalue weighted by molar-refractivity contribution is 7.93. The van der Waals surface area contributed by atoms with Gasteiger partial charge in [0.1, 0.15) is 0 Å². The molecule has 1 aliphatic rings. The van der Waals surface area contributed by atoms with Crippen molar-refractivity contribution in [3.63, 3.8) is 0 Å². The molecule has 1 fully saturated rings. The minimum absolute atomic E-state index is 0.473. The lowest BCUT2D eigenvalue weighted by molar-refractivity contribution is 0.576. The van der Waals surface area contributed by atoms with Gasteiger partial charge in [-0.3, -0.25) is 4.72 Å². The maximum atomic E-state index is 12.0. The molecule has 1 unspecified atom stereocenters. The van der Waals surface area contributed by atoms with Crippen molar-refractivity contribution in [1.29, 1.82) is 0 Å². The highest BCUT2D eigenvalue weighted by atomic mass is 35.5. The third-order valence-corrected chi connectivity index (χ3v) is 4.87. The summed E-state index contributed by atoms with van der Waals surface area (Å²) in [5.74, 6) is 0. The Morgan fingerprint density at radius 1 is 1.44 bits per heavy atom. The topological polar surface area (TPSA) is 58.2 Å². The summed E-state index contributed by atoms with van der Waals surface area (Å²) < 4.78 is 26.7. The lowest BCUT2D eigenvalue weighted by Gasteiger charge is -2.15. The number of hydrogen-bond acceptors (Lipinski definition) is 3. The smallest absolute Gasteiger partial charge is 0.236 e. The molecule has 0 spiro atoms. The standard InChI is InChI=1S/C12H17ClN2O2S/c1-9(8-14-11-5-6-11)18(16,17)15-12-4-2-3-10(13)7-12/h2-4,7,9,11,14-15H,5-6,8H2,1H3. The van der Waals surface area contributed by atoms with Gasteiger partial charge in [-0.05, 0) is 38.0 Å². The van der Waals surface area contributed by atoms with E-state index in [2.05, 4.69) is 10.0 Å². The molecule has 1 aliphatic carbocycles. The molecule has 18 heavy (non-hydrogen) atoms. The first-order chi connectivity index (χ1) is 8.47. The zero-order chi connectivity index (χ0) is 13.2. The average molecular weight is 289 g/mol. The van der Waals surface area contributed by atoms with Crippen molar-refractivity contribution < 1.29 is 8.42 Å². The fourth-order valence-electron chi connectivity index (χ4n) is 1.55. The first kappa shape index (κ1) is 13.6. The van der Waals surface area contributed by atoms with Crippen LogP contribution in [0.15, 0.2) is 24.3 Å². The number of hydrogen-bond donors (Lipinski definition) is 2. The Morgan fingerprint density at radius 2 is 2.17 bits per heavy atom. The molecule has 2 N–H and O–H groups in total. The Bertz CT molecular complexity index is 515. The summed E-state index contributed by atoms with van der Waals surface area (Å²) in [6, 6.07) is 7.21. The van der Waals surface area contributed by atoms with Crippen LogP contribution < -0.4 is 10.0 Å². The van der Waals surface area contributed by atoms with E-state index in [1.54, 1.807) is 31.2 Å². The van der Waals surface area contributed by atoms with Crippen molar-refractivity contribution in [1.82, 2.24) is 5.32 Å². The molecule has 1 aromatic carbocycles. The fraction of sp³-hybridized carbons (Fsp3) is 0.500. The molecule has 1 aromatic rings. The van der Waals surface area contributed by atoms with Gasteiger partial charge >= 0.3 is 0 Å². The third kappa shape index (κ3) is 3.86. The van der Waals surface area contributed by atoms with Gasteiger partial charge in [0.2, 0.25) is 10.0 Å². The first-order valence-electron chi connectivity index (χ1n) is 5.98. The highest BCUT2D eigenvalue weighted by Gasteiger charge is 2.25. The average Bonchev–Trinajstić information content (AvgIpc) is 3.08. The summed E-state index contributed by atoms with van der Waals surface area (Å²) in [4.78, 5) is 0. The van der Waals surface area contributed by atoms with Gasteiger partial charge in [-0.2, -0.15) is 0 Å². The summed E-state index contributed by atoms with van der Waals surface area (Å²) in [6.07, 6.45) is 2.29. The number of halogens is 1. The van der Waals surface area contributed by atoms with E-state index in [1.165, 1.54) is 0 Å². The predicted octanol–water partition coefficient (Wildman–Crippen LogP) is 2.22. The monoisotopic (exact) mass is 288 g/mol. The summed E-state index contributed by atoms with van der Waals surface area (Å²) >= 11 is 5.82. The Balaban J connectivity index is 1.96. The van der Waals surface area contributed by atoms with Gasteiger partial charge < -0.3 is 5.32 Å². The zero-order valence-electron chi connectivity index (χ0n) is 10.2. The minimum Gasteiger partial charge on any atom is -0.313 e. The maximum absolute atomic E-state index is 12.0. The summed E-state index contributed by atoms with van der Waals surface area (Å²) in [6.45, 7) is 2.17. The number of rotatable bonds is 6. The molecule has 1 saturated carbocycles. The summed E-state index contributed by atoms with van der Waals surface area (Å²) in [5.41, 5.74) is 0.501. The van der Waals surface area contributed by atoms with Crippen LogP contribution in [0.3, 0.4) is 0 Å². The Kier molecular flexibility index (Phi) is 4.14. The largest absolute Gasteiger partial charge is 0.313 e. The van der Waals surface area contributed by atoms with Crippen LogP contribution in [-0.4, -0.2) is 26.3 Å². The van der Waals surface area contributed by atoms with Crippen molar-refractivity contribution in [2.24, 2.45) is 0 Å². The second-order valence-corrected chi connectivity index (χ2v) is 7.19. The van der Waals surface area contributed by atoms with E-state index in [0.717, 1.165) is 12.8 Å². The SMILES string of the molecule is CC(CNC1CC1)S(=O)(=O)Nc1cccc(Cl)c1. The molecule has 0 aliphatic heterocycles. The zero-order valence-corrected chi connectivity index (χ0v) is 11.8. The molecule has 6 heteroatoms. The van der Waals surface area contributed by atoms with Crippen molar-refractivity contribution in [3.05, 3.63) is 29.3 Å². The van der Waals surface area contributed by atoms with Crippen molar-refractivity contribution in [3.8, 4) is 0 Å². The Hall–Kier alpha value is -0.780. The Morgan fingerprint density at radius 3 is 2.78 bits per heavy atom. The second-order valence-electron chi connectivity index (χ2n) is 4.65. The van der Waals surface area contributed by atoms with Gasteiger partial charge in [0.25, 0.3) is 0 Å². The summed E-state index contributed by atoms with van der Waals surface area (Å²) in [7, 11) is -3.37. The second kappa shape index (κ2) is 5.47. The lowest BCUT2D eigenvalue weighted by atomic mass is 10.3. The minimum atomic E-state index is -3.37. The van der Waals surface area contributed by atoms with Crippen LogP contribution in [0.25, 0.3) is 0 Å². The number of benzene rings is 1. The van der Waals surface area contributed by atoms with Gasteiger partial charge in [0.05, 0.1) is 5.25 Å². The first-order valence-corrected chi connectivity index (χ1v) is 7.90. The van der Waals surface area contributed by atoms with Gasteiger partial charge in [-0.1, -0.05) is 17.7 Å². The van der Waals surface area contributed by atoms with Crippen molar-refractivity contribution in [2.75, 3.05) is 11.3 Å². The van der Waals surface area contributed by atoms with E-state index in [1.807, 2.05) is 0 Å². The Labute approximate surface area is 113 Å². The summed E-state index contributed by atoms with van der Waals surface area (Å²) in [5, 5.41) is 3.25. The number of nitrogens with one attached hydrogen (secondary N) is 2. The van der Waals surface area contributed by atoms with E-state index < -0.39 is 15.3 Å². The third-order valence-electron chi connectivity index (χ3n) is 2.89. The molecule has 2 rings (SSSR count). The van der Waals surface area contributed by atoms with Crippen LogP contribution in [0.4, 0.5) is 5.69 Å². The molecule has 4 nitrogen and oxygen atoms in total. The molecule has 0 aromatic heterocycles. The van der Waals surface area contributed by atoms with Gasteiger partial charge in [0.15, 0.2) is 0 Å². The van der Waals surface area contributed by atoms with Crippen LogP contribution in [-0.2, 0) is 10.0 Å². The van der Waals surface area contributed by atoms with E-state index in [0.29, 0.717) is 23.3 Å². The van der Waals surface area contributed by atoms with E-state index >= 15 is 0 Å². The number of anilines is 1. The van der Waals surface area contributed by atoms with E-state index in [9.17, 15) is 8.42 Å². The highest BCUT2D eigenvalue weighted by Crippen LogP contribution is 2.20. The van der Waals surface area contributed by atoms with Gasteiger partial charge in [-0.25, -0.2) is 8.42 Å². The van der Waals surface area contributed by atoms with E-state index in [4.69, 9.17) is 11.6 Å². The van der Waals surface area contributed by atoms with Crippen LogP contribution in [0.5, 0.6) is 0 Å². The van der Waals surface area contributed by atoms with Gasteiger partial charge in [-0.15, -0.1) is 0 Å². The normalized spacial score (nSPS) is 17.4. The van der Waals surface area contributed by atoms with Crippen molar-refractivity contribution in [2.45, 2.75) is 31.1 Å². The molecule has 0 radical (unpaired) electrons.